The van der Waals surface area contributed by atoms with Gasteiger partial charge < -0.3 is 5.11 Å². The molecule has 0 fully saturated rings. The minimum Gasteiger partial charge on any atom is -0.480 e. The molecular formula is C10H17N3O2. The molecule has 1 rings (SSSR count). The van der Waals surface area contributed by atoms with Crippen LogP contribution in [0, 0.1) is 0 Å². The van der Waals surface area contributed by atoms with Gasteiger partial charge in [0.15, 0.2) is 0 Å². The molecular weight excluding hydrogens is 194 g/mol. The van der Waals surface area contributed by atoms with Gasteiger partial charge in [0.1, 0.15) is 5.54 Å². The maximum atomic E-state index is 11.2. The standard InChI is InChI=1S/C10H17N3O2/c1-8(2)12-10(3,9(14)15)7-13-6-4-5-11-13/h4-6,8,12H,7H2,1-3H3,(H,14,15). The highest BCUT2D eigenvalue weighted by atomic mass is 16.4. The van der Waals surface area contributed by atoms with E-state index in [9.17, 15) is 9.90 Å². The summed E-state index contributed by atoms with van der Waals surface area (Å²) in [5, 5.41) is 16.2. The van der Waals surface area contributed by atoms with Crippen molar-refractivity contribution in [2.24, 2.45) is 0 Å². The summed E-state index contributed by atoms with van der Waals surface area (Å²) in [6.45, 7) is 5.82. The molecule has 0 spiro atoms. The predicted octanol–water partition coefficient (Wildman–Crippen LogP) is 0.724. The second-order valence-corrected chi connectivity index (χ2v) is 4.14. The van der Waals surface area contributed by atoms with Crippen molar-refractivity contribution in [3.63, 3.8) is 0 Å². The van der Waals surface area contributed by atoms with Crippen molar-refractivity contribution in [1.29, 1.82) is 0 Å². The summed E-state index contributed by atoms with van der Waals surface area (Å²) in [6, 6.07) is 1.89. The number of carboxylic acids is 1. The van der Waals surface area contributed by atoms with E-state index in [0.29, 0.717) is 6.54 Å². The van der Waals surface area contributed by atoms with E-state index in [1.165, 1.54) is 0 Å². The highest BCUT2D eigenvalue weighted by Gasteiger charge is 2.34. The number of carboxylic acid groups (broad SMARTS) is 1. The van der Waals surface area contributed by atoms with Crippen LogP contribution in [0.5, 0.6) is 0 Å². The lowest BCUT2D eigenvalue weighted by atomic mass is 10.0. The zero-order valence-corrected chi connectivity index (χ0v) is 9.27. The van der Waals surface area contributed by atoms with E-state index in [1.54, 1.807) is 30.1 Å². The average Bonchev–Trinajstić information content (AvgIpc) is 2.54. The van der Waals surface area contributed by atoms with E-state index in [-0.39, 0.29) is 6.04 Å². The van der Waals surface area contributed by atoms with Crippen molar-refractivity contribution in [3.8, 4) is 0 Å². The number of hydrogen-bond acceptors (Lipinski definition) is 3. The number of rotatable bonds is 5. The fourth-order valence-electron chi connectivity index (χ4n) is 1.53. The molecule has 84 valence electrons. The van der Waals surface area contributed by atoms with Gasteiger partial charge in [-0.15, -0.1) is 0 Å². The summed E-state index contributed by atoms with van der Waals surface area (Å²) >= 11 is 0. The Morgan fingerprint density at radius 3 is 2.73 bits per heavy atom. The second kappa shape index (κ2) is 4.44. The van der Waals surface area contributed by atoms with Gasteiger partial charge >= 0.3 is 5.97 Å². The Balaban J connectivity index is 2.78. The predicted molar refractivity (Wildman–Crippen MR) is 56.5 cm³/mol. The lowest BCUT2D eigenvalue weighted by Gasteiger charge is -2.28. The Labute approximate surface area is 89.1 Å². The van der Waals surface area contributed by atoms with Crippen LogP contribution in [0.25, 0.3) is 0 Å². The van der Waals surface area contributed by atoms with Crippen LogP contribution in [-0.2, 0) is 11.3 Å². The van der Waals surface area contributed by atoms with Crippen molar-refractivity contribution in [2.45, 2.75) is 38.9 Å². The molecule has 15 heavy (non-hydrogen) atoms. The monoisotopic (exact) mass is 211 g/mol. The highest BCUT2D eigenvalue weighted by Crippen LogP contribution is 2.09. The Morgan fingerprint density at radius 2 is 2.33 bits per heavy atom. The van der Waals surface area contributed by atoms with Crippen LogP contribution < -0.4 is 5.32 Å². The molecule has 0 aromatic carbocycles. The summed E-state index contributed by atoms with van der Waals surface area (Å²) in [4.78, 5) is 11.2. The van der Waals surface area contributed by atoms with Crippen molar-refractivity contribution in [3.05, 3.63) is 18.5 Å². The number of carbonyl (C=O) groups is 1. The lowest BCUT2D eigenvalue weighted by molar-refractivity contribution is -0.145. The quantitative estimate of drug-likeness (QED) is 0.753. The summed E-state index contributed by atoms with van der Waals surface area (Å²) in [5.41, 5.74) is -0.986. The van der Waals surface area contributed by atoms with Gasteiger partial charge in [0, 0.05) is 18.4 Å². The van der Waals surface area contributed by atoms with Gasteiger partial charge in [-0.05, 0) is 26.8 Å². The van der Waals surface area contributed by atoms with Crippen molar-refractivity contribution in [2.75, 3.05) is 0 Å². The van der Waals surface area contributed by atoms with Gasteiger partial charge in [0.05, 0.1) is 6.54 Å². The van der Waals surface area contributed by atoms with E-state index in [4.69, 9.17) is 0 Å². The third-order valence-electron chi connectivity index (χ3n) is 2.12. The van der Waals surface area contributed by atoms with Crippen LogP contribution >= 0.6 is 0 Å². The van der Waals surface area contributed by atoms with E-state index in [0.717, 1.165) is 0 Å². The minimum absolute atomic E-state index is 0.113. The lowest BCUT2D eigenvalue weighted by Crippen LogP contribution is -2.55. The molecule has 5 nitrogen and oxygen atoms in total. The molecule has 1 aromatic heterocycles. The maximum Gasteiger partial charge on any atom is 0.325 e. The maximum absolute atomic E-state index is 11.2. The van der Waals surface area contributed by atoms with Crippen LogP contribution in [0.4, 0.5) is 0 Å². The van der Waals surface area contributed by atoms with Gasteiger partial charge in [-0.25, -0.2) is 0 Å². The molecule has 0 radical (unpaired) electrons. The molecule has 1 heterocycles. The van der Waals surface area contributed by atoms with Gasteiger partial charge in [0.25, 0.3) is 0 Å². The molecule has 0 aliphatic heterocycles. The SMILES string of the molecule is CC(C)NC(C)(Cn1cccn1)C(=O)O. The third-order valence-corrected chi connectivity index (χ3v) is 2.12. The summed E-state index contributed by atoms with van der Waals surface area (Å²) < 4.78 is 1.61. The van der Waals surface area contributed by atoms with Crippen LogP contribution in [0.2, 0.25) is 0 Å². The van der Waals surface area contributed by atoms with Crippen molar-refractivity contribution >= 4 is 5.97 Å². The first-order valence-electron chi connectivity index (χ1n) is 4.92. The molecule has 0 aliphatic carbocycles. The smallest absolute Gasteiger partial charge is 0.325 e. The van der Waals surface area contributed by atoms with Crippen LogP contribution in [0.15, 0.2) is 18.5 Å². The van der Waals surface area contributed by atoms with Crippen LogP contribution in [0.1, 0.15) is 20.8 Å². The molecule has 0 bridgehead atoms. The van der Waals surface area contributed by atoms with E-state index < -0.39 is 11.5 Å². The zero-order chi connectivity index (χ0) is 11.5. The fourth-order valence-corrected chi connectivity index (χ4v) is 1.53. The molecule has 1 atom stereocenters. The van der Waals surface area contributed by atoms with Gasteiger partial charge in [-0.2, -0.15) is 5.10 Å². The fraction of sp³-hybridized carbons (Fsp3) is 0.600. The molecule has 5 heteroatoms. The normalized spacial score (nSPS) is 15.2. The summed E-state index contributed by atoms with van der Waals surface area (Å²) in [7, 11) is 0. The number of nitrogens with zero attached hydrogens (tertiary/aromatic N) is 2. The summed E-state index contributed by atoms with van der Waals surface area (Å²) in [6.07, 6.45) is 3.39. The number of aliphatic carboxylic acids is 1. The molecule has 2 N–H and O–H groups in total. The van der Waals surface area contributed by atoms with Gasteiger partial charge in [-0.1, -0.05) is 0 Å². The van der Waals surface area contributed by atoms with Gasteiger partial charge in [-0.3, -0.25) is 14.8 Å². The van der Waals surface area contributed by atoms with Gasteiger partial charge in [0.2, 0.25) is 0 Å². The first kappa shape index (κ1) is 11.7. The zero-order valence-electron chi connectivity index (χ0n) is 9.27. The summed E-state index contributed by atoms with van der Waals surface area (Å²) in [5.74, 6) is -0.869. The van der Waals surface area contributed by atoms with Crippen LogP contribution in [-0.4, -0.2) is 32.4 Å². The average molecular weight is 211 g/mol. The van der Waals surface area contributed by atoms with E-state index >= 15 is 0 Å². The molecule has 0 saturated heterocycles. The topological polar surface area (TPSA) is 67.2 Å². The molecule has 0 amide bonds. The molecule has 1 aromatic rings. The number of hydrogen-bond donors (Lipinski definition) is 2. The number of nitrogens with one attached hydrogen (secondary N) is 1. The molecule has 1 unspecified atom stereocenters. The Hall–Kier alpha value is -1.36. The largest absolute Gasteiger partial charge is 0.480 e. The molecule has 0 aliphatic rings. The van der Waals surface area contributed by atoms with Crippen LogP contribution in [0.3, 0.4) is 0 Å². The Bertz CT molecular complexity index is 321. The molecule has 0 saturated carbocycles. The van der Waals surface area contributed by atoms with E-state index in [2.05, 4.69) is 10.4 Å². The van der Waals surface area contributed by atoms with E-state index in [1.807, 2.05) is 13.8 Å². The second-order valence-electron chi connectivity index (χ2n) is 4.14. The van der Waals surface area contributed by atoms with Crippen molar-refractivity contribution < 1.29 is 9.90 Å². The third kappa shape index (κ3) is 3.06. The van der Waals surface area contributed by atoms with Crippen molar-refractivity contribution in [1.82, 2.24) is 15.1 Å². The number of aromatic nitrogens is 2. The Kier molecular flexibility index (Phi) is 3.47. The Morgan fingerprint density at radius 1 is 1.67 bits per heavy atom. The highest BCUT2D eigenvalue weighted by molar-refractivity contribution is 5.78. The first-order valence-corrected chi connectivity index (χ1v) is 4.92. The first-order chi connectivity index (χ1) is 6.94. The minimum atomic E-state index is -0.986.